The zero-order valence-electron chi connectivity index (χ0n) is 17.1. The molecule has 6 rings (SSSR count). The highest BCUT2D eigenvalue weighted by molar-refractivity contribution is 6.08. The highest BCUT2D eigenvalue weighted by atomic mass is 14.6. The molecule has 30 heavy (non-hydrogen) atoms. The van der Waals surface area contributed by atoms with Crippen LogP contribution in [0.2, 0.25) is 0 Å². The minimum absolute atomic E-state index is 1.25. The van der Waals surface area contributed by atoms with Crippen LogP contribution < -0.4 is 0 Å². The van der Waals surface area contributed by atoms with Crippen LogP contribution in [0.5, 0.6) is 0 Å². The van der Waals surface area contributed by atoms with Crippen molar-refractivity contribution >= 4 is 21.5 Å². The summed E-state index contributed by atoms with van der Waals surface area (Å²) in [5, 5.41) is 5.64. The molecule has 1 aliphatic rings. The lowest BCUT2D eigenvalue weighted by molar-refractivity contribution is 0.690. The molecule has 0 fully saturated rings. The molecule has 1 aliphatic carbocycles. The second-order valence-electron chi connectivity index (χ2n) is 7.34. The summed E-state index contributed by atoms with van der Waals surface area (Å²) in [5.41, 5.74) is 3.17. The molecule has 0 radical (unpaired) electrons. The third kappa shape index (κ3) is 4.90. The Bertz CT molecular complexity index is 1100. The zero-order valence-corrected chi connectivity index (χ0v) is 17.1. The summed E-state index contributed by atoms with van der Waals surface area (Å²) in [6.07, 6.45) is 12.2. The van der Waals surface area contributed by atoms with Crippen molar-refractivity contribution in [1.29, 1.82) is 0 Å². The average Bonchev–Trinajstić information content (AvgIpc) is 2.86. The third-order valence-electron chi connectivity index (χ3n) is 5.39. The summed E-state index contributed by atoms with van der Waals surface area (Å²) in [6, 6.07) is 29.4. The van der Waals surface area contributed by atoms with Crippen LogP contribution in [0.1, 0.15) is 24.0 Å². The van der Waals surface area contributed by atoms with Crippen LogP contribution in [0.3, 0.4) is 0 Å². The Kier molecular flexibility index (Phi) is 6.80. The average molecular weight is 391 g/mol. The lowest BCUT2D eigenvalue weighted by atomic mass is 9.86. The molecule has 0 atom stereocenters. The molecular weight excluding hydrogens is 364 g/mol. The predicted molar refractivity (Wildman–Crippen MR) is 127 cm³/mol. The summed E-state index contributed by atoms with van der Waals surface area (Å²) in [7, 11) is 0. The van der Waals surface area contributed by atoms with Gasteiger partial charge in [-0.1, -0.05) is 60.7 Å². The molecule has 0 N–H and O–H groups in total. The molecular formula is C28H26N2. The Morgan fingerprint density at radius 2 is 1.10 bits per heavy atom. The normalized spacial score (nSPS) is 12.1. The van der Waals surface area contributed by atoms with E-state index in [1.54, 1.807) is 35.9 Å². The first kappa shape index (κ1) is 19.8. The van der Waals surface area contributed by atoms with E-state index in [9.17, 15) is 0 Å². The first-order valence-corrected chi connectivity index (χ1v) is 10.6. The summed E-state index contributed by atoms with van der Waals surface area (Å²) in [6.45, 7) is 0. The highest BCUT2D eigenvalue weighted by Gasteiger charge is 2.13. The number of aryl methyl sites for hydroxylation is 2. The van der Waals surface area contributed by atoms with Crippen molar-refractivity contribution in [2.24, 2.45) is 0 Å². The number of nitrogens with zero attached hydrogens (tertiary/aromatic N) is 2. The lowest BCUT2D eigenvalue weighted by Crippen LogP contribution is -2.02. The van der Waals surface area contributed by atoms with Crippen molar-refractivity contribution in [3.8, 4) is 0 Å². The number of aromatic nitrogens is 2. The van der Waals surface area contributed by atoms with E-state index in [2.05, 4.69) is 58.5 Å². The van der Waals surface area contributed by atoms with Gasteiger partial charge in [-0.15, -0.1) is 0 Å². The molecule has 2 heterocycles. The first-order valence-electron chi connectivity index (χ1n) is 10.6. The van der Waals surface area contributed by atoms with Crippen molar-refractivity contribution in [1.82, 2.24) is 9.97 Å². The van der Waals surface area contributed by atoms with Gasteiger partial charge >= 0.3 is 0 Å². The van der Waals surface area contributed by atoms with Crippen LogP contribution >= 0.6 is 0 Å². The van der Waals surface area contributed by atoms with E-state index in [1.165, 1.54) is 47.2 Å². The fraction of sp³-hybridized carbons (Fsp3) is 0.143. The quantitative estimate of drug-likeness (QED) is 0.265. The van der Waals surface area contributed by atoms with E-state index in [4.69, 9.17) is 0 Å². The van der Waals surface area contributed by atoms with Gasteiger partial charge in [-0.25, -0.2) is 0 Å². The van der Waals surface area contributed by atoms with Crippen molar-refractivity contribution in [3.05, 3.63) is 121 Å². The maximum absolute atomic E-state index is 3.78. The van der Waals surface area contributed by atoms with E-state index in [0.29, 0.717) is 0 Å². The van der Waals surface area contributed by atoms with E-state index in [-0.39, 0.29) is 0 Å². The molecule has 0 saturated carbocycles. The van der Waals surface area contributed by atoms with Crippen LogP contribution in [0, 0.1) is 0 Å². The first-order chi connectivity index (χ1) is 14.9. The van der Waals surface area contributed by atoms with Crippen LogP contribution in [0.15, 0.2) is 110 Å². The fourth-order valence-corrected chi connectivity index (χ4v) is 3.97. The van der Waals surface area contributed by atoms with Crippen LogP contribution in [-0.4, -0.2) is 9.97 Å². The zero-order chi connectivity index (χ0) is 20.4. The SMILES string of the molecule is c1ccc2c(c1)ccc1c3c(ccc12)CCCC3.c1ccncc1.c1ccncc1. The molecule has 0 bridgehead atoms. The number of rotatable bonds is 0. The van der Waals surface area contributed by atoms with E-state index in [0.717, 1.165) is 0 Å². The van der Waals surface area contributed by atoms with Crippen molar-refractivity contribution in [2.45, 2.75) is 25.7 Å². The van der Waals surface area contributed by atoms with Crippen LogP contribution in [0.25, 0.3) is 21.5 Å². The van der Waals surface area contributed by atoms with Crippen LogP contribution in [0.4, 0.5) is 0 Å². The molecule has 0 aliphatic heterocycles. The Balaban J connectivity index is 0.000000148. The van der Waals surface area contributed by atoms with E-state index in [1.807, 2.05) is 36.4 Å². The molecule has 0 amide bonds. The third-order valence-corrected chi connectivity index (χ3v) is 5.39. The Labute approximate surface area is 178 Å². The largest absolute Gasteiger partial charge is 0.265 e. The fourth-order valence-electron chi connectivity index (χ4n) is 3.97. The van der Waals surface area contributed by atoms with Gasteiger partial charge in [0.2, 0.25) is 0 Å². The van der Waals surface area contributed by atoms with Gasteiger partial charge in [-0.3, -0.25) is 9.97 Å². The van der Waals surface area contributed by atoms with Crippen LogP contribution in [-0.2, 0) is 12.8 Å². The Hall–Kier alpha value is -3.52. The topological polar surface area (TPSA) is 25.8 Å². The summed E-state index contributed by atoms with van der Waals surface area (Å²) in [4.78, 5) is 7.57. The lowest BCUT2D eigenvalue weighted by Gasteiger charge is -2.18. The van der Waals surface area contributed by atoms with Gasteiger partial charge < -0.3 is 0 Å². The van der Waals surface area contributed by atoms with Gasteiger partial charge in [-0.2, -0.15) is 0 Å². The summed E-state index contributed by atoms with van der Waals surface area (Å²) < 4.78 is 0. The molecule has 2 nitrogen and oxygen atoms in total. The summed E-state index contributed by atoms with van der Waals surface area (Å²) in [5.74, 6) is 0. The second-order valence-corrected chi connectivity index (χ2v) is 7.34. The number of hydrogen-bond acceptors (Lipinski definition) is 2. The second kappa shape index (κ2) is 10.3. The number of hydrogen-bond donors (Lipinski definition) is 0. The van der Waals surface area contributed by atoms with E-state index >= 15 is 0 Å². The molecule has 0 saturated heterocycles. The van der Waals surface area contributed by atoms with Gasteiger partial charge in [0, 0.05) is 24.8 Å². The Morgan fingerprint density at radius 3 is 1.73 bits per heavy atom. The molecule has 5 aromatic rings. The van der Waals surface area contributed by atoms with Crippen molar-refractivity contribution in [2.75, 3.05) is 0 Å². The van der Waals surface area contributed by atoms with Gasteiger partial charge in [0.25, 0.3) is 0 Å². The number of fused-ring (bicyclic) bond motifs is 5. The molecule has 0 unspecified atom stereocenters. The molecule has 3 aromatic carbocycles. The maximum atomic E-state index is 3.78. The van der Waals surface area contributed by atoms with Gasteiger partial charge in [-0.05, 0) is 82.6 Å². The smallest absolute Gasteiger partial charge is 0.0267 e. The summed E-state index contributed by atoms with van der Waals surface area (Å²) >= 11 is 0. The highest BCUT2D eigenvalue weighted by Crippen LogP contribution is 2.33. The monoisotopic (exact) mass is 390 g/mol. The van der Waals surface area contributed by atoms with Gasteiger partial charge in [0.1, 0.15) is 0 Å². The van der Waals surface area contributed by atoms with Crippen molar-refractivity contribution in [3.63, 3.8) is 0 Å². The number of pyridine rings is 2. The minimum atomic E-state index is 1.25. The Morgan fingerprint density at radius 1 is 0.467 bits per heavy atom. The molecule has 2 heteroatoms. The van der Waals surface area contributed by atoms with Gasteiger partial charge in [0.05, 0.1) is 0 Å². The van der Waals surface area contributed by atoms with Crippen molar-refractivity contribution < 1.29 is 0 Å². The van der Waals surface area contributed by atoms with E-state index < -0.39 is 0 Å². The standard InChI is InChI=1S/C18H16.2C5H5N/c1-3-7-15-13(5-1)9-11-18-16-8-4-2-6-14(16)10-12-17(15)18;2*1-2-4-6-5-3-1/h1,3,5,7,9-12H,2,4,6,8H2;2*1-5H. The molecule has 2 aromatic heterocycles. The maximum Gasteiger partial charge on any atom is 0.0267 e. The number of benzene rings is 3. The minimum Gasteiger partial charge on any atom is -0.265 e. The molecule has 0 spiro atoms. The molecule has 148 valence electrons. The predicted octanol–water partition coefficient (Wildman–Crippen LogP) is 7.04. The van der Waals surface area contributed by atoms with Gasteiger partial charge in [0.15, 0.2) is 0 Å².